The summed E-state index contributed by atoms with van der Waals surface area (Å²) in [5.41, 5.74) is 1.03. The van der Waals surface area contributed by atoms with Gasteiger partial charge in [0.25, 0.3) is 0 Å². The van der Waals surface area contributed by atoms with Crippen LogP contribution in [-0.2, 0) is 11.3 Å². The Balaban J connectivity index is 1.96. The summed E-state index contributed by atoms with van der Waals surface area (Å²) in [5, 5.41) is 10.1. The highest BCUT2D eigenvalue weighted by Gasteiger charge is 2.17. The first-order valence-electron chi connectivity index (χ1n) is 6.91. The molecule has 1 aliphatic rings. The van der Waals surface area contributed by atoms with Crippen molar-refractivity contribution < 1.29 is 14.6 Å². The van der Waals surface area contributed by atoms with E-state index in [1.165, 1.54) is 13.5 Å². The number of ether oxygens (including phenoxy) is 2. The maximum absolute atomic E-state index is 9.73. The number of aromatic hydroxyl groups is 1. The summed E-state index contributed by atoms with van der Waals surface area (Å²) >= 11 is 6.00. The smallest absolute Gasteiger partial charge is 0.176 e. The van der Waals surface area contributed by atoms with Gasteiger partial charge in [0.05, 0.1) is 18.7 Å². The Morgan fingerprint density at radius 2 is 2.30 bits per heavy atom. The van der Waals surface area contributed by atoms with E-state index in [9.17, 15) is 5.11 Å². The highest BCUT2D eigenvalue weighted by atomic mass is 35.5. The molecule has 1 N–H and O–H groups in total. The van der Waals surface area contributed by atoms with Crippen molar-refractivity contribution in [2.45, 2.75) is 19.4 Å². The van der Waals surface area contributed by atoms with Gasteiger partial charge < -0.3 is 19.5 Å². The van der Waals surface area contributed by atoms with Gasteiger partial charge in [0, 0.05) is 19.7 Å². The highest BCUT2D eigenvalue weighted by Crippen LogP contribution is 2.35. The minimum atomic E-state index is 0.00116. The topological polar surface area (TPSA) is 41.9 Å². The number of methoxy groups -OCH3 is 1. The molecule has 0 radical (unpaired) electrons. The predicted molar refractivity (Wildman–Crippen MR) is 79.5 cm³/mol. The summed E-state index contributed by atoms with van der Waals surface area (Å²) in [6.07, 6.45) is 2.38. The van der Waals surface area contributed by atoms with Crippen molar-refractivity contribution in [3.63, 3.8) is 0 Å². The van der Waals surface area contributed by atoms with E-state index >= 15 is 0 Å². The maximum Gasteiger partial charge on any atom is 0.176 e. The zero-order valence-corrected chi connectivity index (χ0v) is 12.8. The van der Waals surface area contributed by atoms with Crippen molar-refractivity contribution in [2.75, 3.05) is 33.9 Å². The molecular formula is C15H22ClNO3. The quantitative estimate of drug-likeness (QED) is 0.908. The van der Waals surface area contributed by atoms with E-state index in [0.717, 1.165) is 38.3 Å². The molecule has 0 spiro atoms. The van der Waals surface area contributed by atoms with Gasteiger partial charge in [-0.2, -0.15) is 0 Å². The zero-order valence-electron chi connectivity index (χ0n) is 12.1. The average molecular weight is 300 g/mol. The van der Waals surface area contributed by atoms with Crippen LogP contribution in [0.5, 0.6) is 11.5 Å². The lowest BCUT2D eigenvalue weighted by Gasteiger charge is -2.27. The number of hydrogen-bond acceptors (Lipinski definition) is 4. The van der Waals surface area contributed by atoms with Crippen molar-refractivity contribution in [1.82, 2.24) is 4.90 Å². The van der Waals surface area contributed by atoms with Crippen LogP contribution >= 0.6 is 11.6 Å². The predicted octanol–water partition coefficient (Wildman–Crippen LogP) is 2.91. The van der Waals surface area contributed by atoms with Crippen LogP contribution in [0.4, 0.5) is 0 Å². The molecule has 1 atom stereocenters. The number of phenolic OH excluding ortho intramolecular Hbond substituents is 1. The Morgan fingerprint density at radius 1 is 1.50 bits per heavy atom. The molecule has 1 saturated heterocycles. The lowest BCUT2D eigenvalue weighted by atomic mass is 10.0. The SMILES string of the molecule is COc1cc(CN(C)CC2CCCOC2)cc(Cl)c1O. The van der Waals surface area contributed by atoms with Gasteiger partial charge in [0.1, 0.15) is 0 Å². The molecule has 0 aliphatic carbocycles. The van der Waals surface area contributed by atoms with E-state index in [1.807, 2.05) is 6.07 Å². The summed E-state index contributed by atoms with van der Waals surface area (Å²) in [6, 6.07) is 3.61. The second-order valence-corrected chi connectivity index (χ2v) is 5.82. The molecule has 4 nitrogen and oxygen atoms in total. The summed E-state index contributed by atoms with van der Waals surface area (Å²) in [6.45, 7) is 3.52. The lowest BCUT2D eigenvalue weighted by Crippen LogP contribution is -2.30. The van der Waals surface area contributed by atoms with Crippen LogP contribution in [0, 0.1) is 5.92 Å². The van der Waals surface area contributed by atoms with Crippen molar-refractivity contribution in [2.24, 2.45) is 5.92 Å². The standard InChI is InChI=1S/C15H22ClNO3/c1-17(8-11-4-3-5-20-10-11)9-12-6-13(16)15(18)14(7-12)19-2/h6-7,11,18H,3-5,8-10H2,1-2H3. The van der Waals surface area contributed by atoms with Crippen LogP contribution < -0.4 is 4.74 Å². The molecule has 1 unspecified atom stereocenters. The van der Waals surface area contributed by atoms with Crippen molar-refractivity contribution in [3.05, 3.63) is 22.7 Å². The number of rotatable bonds is 5. The van der Waals surface area contributed by atoms with Gasteiger partial charge in [-0.05, 0) is 43.5 Å². The third kappa shape index (κ3) is 4.01. The zero-order chi connectivity index (χ0) is 14.5. The molecule has 20 heavy (non-hydrogen) atoms. The van der Waals surface area contributed by atoms with Gasteiger partial charge in [-0.1, -0.05) is 11.6 Å². The molecular weight excluding hydrogens is 278 g/mol. The Kier molecular flexibility index (Phi) is 5.52. The van der Waals surface area contributed by atoms with Crippen molar-refractivity contribution in [1.29, 1.82) is 0 Å². The molecule has 1 heterocycles. The fourth-order valence-electron chi connectivity index (χ4n) is 2.64. The summed E-state index contributed by atoms with van der Waals surface area (Å²) in [4.78, 5) is 2.25. The second kappa shape index (κ2) is 7.16. The van der Waals surface area contributed by atoms with Gasteiger partial charge in [0.2, 0.25) is 0 Å². The minimum Gasteiger partial charge on any atom is -0.503 e. The van der Waals surface area contributed by atoms with Crippen LogP contribution in [0.25, 0.3) is 0 Å². The fraction of sp³-hybridized carbons (Fsp3) is 0.600. The Hall–Kier alpha value is -0.970. The Labute approximate surface area is 125 Å². The first kappa shape index (κ1) is 15.4. The van der Waals surface area contributed by atoms with Crippen molar-refractivity contribution >= 4 is 11.6 Å². The van der Waals surface area contributed by atoms with Crippen LogP contribution in [0.1, 0.15) is 18.4 Å². The molecule has 2 rings (SSSR count). The third-order valence-corrected chi connectivity index (χ3v) is 3.87. The molecule has 0 aromatic heterocycles. The van der Waals surface area contributed by atoms with Gasteiger partial charge in [-0.15, -0.1) is 0 Å². The van der Waals surface area contributed by atoms with E-state index in [1.54, 1.807) is 6.07 Å². The van der Waals surface area contributed by atoms with Crippen LogP contribution in [0.3, 0.4) is 0 Å². The molecule has 0 saturated carbocycles. The van der Waals surface area contributed by atoms with Crippen LogP contribution in [0.2, 0.25) is 5.02 Å². The minimum absolute atomic E-state index is 0.00116. The Bertz CT molecular complexity index is 447. The van der Waals surface area contributed by atoms with E-state index in [0.29, 0.717) is 16.7 Å². The highest BCUT2D eigenvalue weighted by molar-refractivity contribution is 6.32. The molecule has 112 valence electrons. The fourth-order valence-corrected chi connectivity index (χ4v) is 2.88. The van der Waals surface area contributed by atoms with Crippen LogP contribution in [-0.4, -0.2) is 43.9 Å². The lowest BCUT2D eigenvalue weighted by molar-refractivity contribution is 0.0411. The average Bonchev–Trinajstić information content (AvgIpc) is 2.43. The number of benzene rings is 1. The van der Waals surface area contributed by atoms with Crippen LogP contribution in [0.15, 0.2) is 12.1 Å². The molecule has 0 amide bonds. The summed E-state index contributed by atoms with van der Waals surface area (Å²) in [7, 11) is 3.61. The normalized spacial score (nSPS) is 19.3. The summed E-state index contributed by atoms with van der Waals surface area (Å²) in [5.74, 6) is 1.02. The molecule has 1 aromatic carbocycles. The monoisotopic (exact) mass is 299 g/mol. The largest absolute Gasteiger partial charge is 0.503 e. The van der Waals surface area contributed by atoms with E-state index in [2.05, 4.69) is 11.9 Å². The Morgan fingerprint density at radius 3 is 2.95 bits per heavy atom. The van der Waals surface area contributed by atoms with Gasteiger partial charge >= 0.3 is 0 Å². The number of phenols is 1. The molecule has 5 heteroatoms. The molecule has 1 aliphatic heterocycles. The number of nitrogens with zero attached hydrogens (tertiary/aromatic N) is 1. The van der Waals surface area contributed by atoms with E-state index in [-0.39, 0.29) is 5.75 Å². The van der Waals surface area contributed by atoms with Gasteiger partial charge in [-0.25, -0.2) is 0 Å². The molecule has 1 fully saturated rings. The number of hydrogen-bond donors (Lipinski definition) is 1. The van der Waals surface area contributed by atoms with Gasteiger partial charge in [0.15, 0.2) is 11.5 Å². The maximum atomic E-state index is 9.73. The third-order valence-electron chi connectivity index (χ3n) is 3.59. The molecule has 1 aromatic rings. The van der Waals surface area contributed by atoms with Crippen molar-refractivity contribution in [3.8, 4) is 11.5 Å². The summed E-state index contributed by atoms with van der Waals surface area (Å²) < 4.78 is 10.6. The second-order valence-electron chi connectivity index (χ2n) is 5.41. The molecule has 0 bridgehead atoms. The first-order valence-corrected chi connectivity index (χ1v) is 7.29. The van der Waals surface area contributed by atoms with E-state index < -0.39 is 0 Å². The first-order chi connectivity index (χ1) is 9.60. The van der Waals surface area contributed by atoms with Gasteiger partial charge in [-0.3, -0.25) is 0 Å². The number of halogens is 1. The van der Waals surface area contributed by atoms with E-state index in [4.69, 9.17) is 21.1 Å².